The molecule has 0 saturated heterocycles. The van der Waals surface area contributed by atoms with Crippen LogP contribution in [0.2, 0.25) is 0 Å². The van der Waals surface area contributed by atoms with Crippen LogP contribution in [-0.2, 0) is 16.6 Å². The fraction of sp³-hybridized carbons (Fsp3) is 0.105. The van der Waals surface area contributed by atoms with Crippen molar-refractivity contribution in [2.24, 2.45) is 0 Å². The molecule has 0 unspecified atom stereocenters. The van der Waals surface area contributed by atoms with Crippen LogP contribution in [-0.4, -0.2) is 21.4 Å². The average Bonchev–Trinajstić information content (AvgIpc) is 3.21. The number of carbonyl (C=O) groups excluding carboxylic acids is 1. The molecule has 0 radical (unpaired) electrons. The molecular weight excluding hydrogens is 448 g/mol. The van der Waals surface area contributed by atoms with E-state index in [0.29, 0.717) is 27.2 Å². The summed E-state index contributed by atoms with van der Waals surface area (Å²) in [5.74, 6) is 0.631. The Bertz CT molecular complexity index is 1080. The van der Waals surface area contributed by atoms with Gasteiger partial charge in [-0.25, -0.2) is 13.1 Å². The molecule has 1 aromatic heterocycles. The zero-order chi connectivity index (χ0) is 20.1. The molecule has 1 heterocycles. The van der Waals surface area contributed by atoms with Crippen LogP contribution in [0.4, 0.5) is 5.69 Å². The van der Waals surface area contributed by atoms with E-state index in [9.17, 15) is 13.2 Å². The molecule has 3 rings (SSSR count). The van der Waals surface area contributed by atoms with Gasteiger partial charge in [-0.15, -0.1) is 0 Å². The lowest BCUT2D eigenvalue weighted by Crippen LogP contribution is -2.23. The number of halogens is 1. The molecule has 1 amide bonds. The quantitative estimate of drug-likeness (QED) is 0.554. The molecule has 28 heavy (non-hydrogen) atoms. The maximum absolute atomic E-state index is 12.6. The number of ether oxygens (including phenoxy) is 1. The van der Waals surface area contributed by atoms with Crippen LogP contribution in [0.5, 0.6) is 5.75 Å². The van der Waals surface area contributed by atoms with Crippen LogP contribution in [0.15, 0.2) is 74.6 Å². The van der Waals surface area contributed by atoms with Gasteiger partial charge in [0.25, 0.3) is 5.91 Å². The Kier molecular flexibility index (Phi) is 6.18. The summed E-state index contributed by atoms with van der Waals surface area (Å²) in [6, 6.07) is 14.4. The Labute approximate surface area is 170 Å². The second-order valence-corrected chi connectivity index (χ2v) is 8.35. The predicted octanol–water partition coefficient (Wildman–Crippen LogP) is 3.78. The first kappa shape index (κ1) is 20.1. The highest BCUT2D eigenvalue weighted by Crippen LogP contribution is 2.24. The van der Waals surface area contributed by atoms with E-state index >= 15 is 0 Å². The number of methoxy groups -OCH3 is 1. The number of sulfonamides is 1. The van der Waals surface area contributed by atoms with Crippen molar-refractivity contribution in [3.8, 4) is 5.75 Å². The van der Waals surface area contributed by atoms with Crippen molar-refractivity contribution in [2.45, 2.75) is 11.4 Å². The van der Waals surface area contributed by atoms with Gasteiger partial charge in [-0.2, -0.15) is 0 Å². The van der Waals surface area contributed by atoms with Gasteiger partial charge in [0.2, 0.25) is 10.0 Å². The highest BCUT2D eigenvalue weighted by molar-refractivity contribution is 9.10. The Morgan fingerprint density at radius 2 is 1.96 bits per heavy atom. The third kappa shape index (κ3) is 4.80. The SMILES string of the molecule is COc1ccc(Br)c(C(=O)Nc2cccc(S(=O)(=O)NCc3ccco3)c2)c1. The smallest absolute Gasteiger partial charge is 0.256 e. The number of rotatable bonds is 7. The molecule has 0 aliphatic rings. The molecule has 0 spiro atoms. The van der Waals surface area contributed by atoms with Gasteiger partial charge >= 0.3 is 0 Å². The van der Waals surface area contributed by atoms with E-state index in [-0.39, 0.29) is 11.4 Å². The Hall–Kier alpha value is -2.62. The van der Waals surface area contributed by atoms with Crippen molar-refractivity contribution in [3.63, 3.8) is 0 Å². The zero-order valence-electron chi connectivity index (χ0n) is 14.8. The zero-order valence-corrected chi connectivity index (χ0v) is 17.2. The monoisotopic (exact) mass is 464 g/mol. The first-order valence-electron chi connectivity index (χ1n) is 8.16. The minimum atomic E-state index is -3.77. The summed E-state index contributed by atoms with van der Waals surface area (Å²) in [7, 11) is -2.26. The van der Waals surface area contributed by atoms with Crippen molar-refractivity contribution >= 4 is 37.5 Å². The summed E-state index contributed by atoms with van der Waals surface area (Å²) in [6.45, 7) is 0.0304. The lowest BCUT2D eigenvalue weighted by molar-refractivity contribution is 0.102. The number of benzene rings is 2. The van der Waals surface area contributed by atoms with Crippen LogP contribution < -0.4 is 14.8 Å². The summed E-state index contributed by atoms with van der Waals surface area (Å²) in [5, 5.41) is 2.70. The van der Waals surface area contributed by atoms with E-state index in [0.717, 1.165) is 0 Å². The molecule has 2 aromatic carbocycles. The van der Waals surface area contributed by atoms with E-state index < -0.39 is 15.9 Å². The average molecular weight is 465 g/mol. The molecule has 0 fully saturated rings. The normalized spacial score (nSPS) is 11.2. The third-order valence-electron chi connectivity index (χ3n) is 3.84. The summed E-state index contributed by atoms with van der Waals surface area (Å²) in [6.07, 6.45) is 1.47. The van der Waals surface area contributed by atoms with Gasteiger partial charge < -0.3 is 14.5 Å². The molecule has 0 aliphatic heterocycles. The molecular formula is C19H17BrN2O5S. The number of furan rings is 1. The van der Waals surface area contributed by atoms with Gasteiger partial charge in [0, 0.05) is 10.2 Å². The van der Waals surface area contributed by atoms with Crippen LogP contribution >= 0.6 is 15.9 Å². The summed E-state index contributed by atoms with van der Waals surface area (Å²) in [5.41, 5.74) is 0.712. The molecule has 146 valence electrons. The second kappa shape index (κ2) is 8.59. The summed E-state index contributed by atoms with van der Waals surface area (Å²) >= 11 is 3.33. The largest absolute Gasteiger partial charge is 0.497 e. The Morgan fingerprint density at radius 1 is 1.14 bits per heavy atom. The highest BCUT2D eigenvalue weighted by atomic mass is 79.9. The van der Waals surface area contributed by atoms with Crippen LogP contribution in [0.25, 0.3) is 0 Å². The maximum atomic E-state index is 12.6. The number of nitrogens with one attached hydrogen (secondary N) is 2. The minimum Gasteiger partial charge on any atom is -0.497 e. The molecule has 9 heteroatoms. The molecule has 2 N–H and O–H groups in total. The van der Waals surface area contributed by atoms with Crippen molar-refractivity contribution < 1.29 is 22.4 Å². The molecule has 0 bridgehead atoms. The fourth-order valence-electron chi connectivity index (χ4n) is 2.41. The third-order valence-corrected chi connectivity index (χ3v) is 5.93. The van der Waals surface area contributed by atoms with Gasteiger partial charge in [0.15, 0.2) is 0 Å². The molecule has 0 atom stereocenters. The Balaban J connectivity index is 1.76. The maximum Gasteiger partial charge on any atom is 0.256 e. The number of carbonyl (C=O) groups is 1. The Morgan fingerprint density at radius 3 is 2.68 bits per heavy atom. The summed E-state index contributed by atoms with van der Waals surface area (Å²) in [4.78, 5) is 12.6. The summed E-state index contributed by atoms with van der Waals surface area (Å²) < 4.78 is 38.3. The second-order valence-electron chi connectivity index (χ2n) is 5.73. The van der Waals surface area contributed by atoms with E-state index in [2.05, 4.69) is 26.0 Å². The number of anilines is 1. The van der Waals surface area contributed by atoms with Crippen molar-refractivity contribution in [1.82, 2.24) is 4.72 Å². The van der Waals surface area contributed by atoms with Crippen LogP contribution in [0.3, 0.4) is 0 Å². The number of hydrogen-bond acceptors (Lipinski definition) is 5. The van der Waals surface area contributed by atoms with Crippen LogP contribution in [0.1, 0.15) is 16.1 Å². The lowest BCUT2D eigenvalue weighted by atomic mass is 10.2. The van der Waals surface area contributed by atoms with Crippen LogP contribution in [0, 0.1) is 0 Å². The molecule has 0 saturated carbocycles. The fourth-order valence-corrected chi connectivity index (χ4v) is 3.87. The van der Waals surface area contributed by atoms with E-state index in [1.54, 1.807) is 42.5 Å². The lowest BCUT2D eigenvalue weighted by Gasteiger charge is -2.10. The van der Waals surface area contributed by atoms with E-state index in [1.807, 2.05) is 0 Å². The standard InChI is InChI=1S/C19H17BrN2O5S/c1-26-14-7-8-18(20)17(11-14)19(23)22-13-4-2-6-16(10-13)28(24,25)21-12-15-5-3-9-27-15/h2-11,21H,12H2,1H3,(H,22,23). The number of amides is 1. The molecule has 0 aliphatic carbocycles. The highest BCUT2D eigenvalue weighted by Gasteiger charge is 2.17. The first-order valence-corrected chi connectivity index (χ1v) is 10.4. The predicted molar refractivity (Wildman–Crippen MR) is 108 cm³/mol. The topological polar surface area (TPSA) is 97.6 Å². The molecule has 3 aromatic rings. The van der Waals surface area contributed by atoms with Crippen molar-refractivity contribution in [2.75, 3.05) is 12.4 Å². The van der Waals surface area contributed by atoms with Gasteiger partial charge in [-0.1, -0.05) is 6.07 Å². The van der Waals surface area contributed by atoms with Crippen molar-refractivity contribution in [3.05, 3.63) is 76.7 Å². The molecule has 7 nitrogen and oxygen atoms in total. The first-order chi connectivity index (χ1) is 13.4. The van der Waals surface area contributed by atoms with Crippen molar-refractivity contribution in [1.29, 1.82) is 0 Å². The van der Waals surface area contributed by atoms with Gasteiger partial charge in [-0.3, -0.25) is 4.79 Å². The minimum absolute atomic E-state index is 0.0292. The van der Waals surface area contributed by atoms with Gasteiger partial charge in [-0.05, 0) is 64.5 Å². The van der Waals surface area contributed by atoms with Gasteiger partial charge in [0.05, 0.1) is 30.4 Å². The van der Waals surface area contributed by atoms with E-state index in [4.69, 9.17) is 9.15 Å². The van der Waals surface area contributed by atoms with E-state index in [1.165, 1.54) is 25.5 Å². The van der Waals surface area contributed by atoms with Gasteiger partial charge in [0.1, 0.15) is 11.5 Å². The number of hydrogen-bond donors (Lipinski definition) is 2.